The second-order valence-corrected chi connectivity index (χ2v) is 5.90. The van der Waals surface area contributed by atoms with Crippen molar-refractivity contribution in [2.24, 2.45) is 0 Å². The molecule has 106 valence electrons. The summed E-state index contributed by atoms with van der Waals surface area (Å²) in [5, 5.41) is 5.90. The lowest BCUT2D eigenvalue weighted by Crippen LogP contribution is -2.28. The van der Waals surface area contributed by atoms with Crippen molar-refractivity contribution in [3.05, 3.63) is 35.4 Å². The smallest absolute Gasteiger partial charge is 0.221 e. The number of carbonyl (C=O) groups is 1. The highest BCUT2D eigenvalue weighted by molar-refractivity contribution is 5.76. The van der Waals surface area contributed by atoms with E-state index in [0.29, 0.717) is 13.0 Å². The molecule has 3 nitrogen and oxygen atoms in total. The molecule has 1 aromatic carbocycles. The molecular weight excluding hydrogens is 236 g/mol. The summed E-state index contributed by atoms with van der Waals surface area (Å²) in [5.41, 5.74) is 2.80. The van der Waals surface area contributed by atoms with Gasteiger partial charge in [-0.1, -0.05) is 45.0 Å². The molecular formula is C16H26N2O. The second kappa shape index (κ2) is 7.29. The molecule has 0 saturated carbocycles. The van der Waals surface area contributed by atoms with Crippen molar-refractivity contribution in [2.75, 3.05) is 20.1 Å². The Morgan fingerprint density at radius 2 is 1.74 bits per heavy atom. The molecule has 0 atom stereocenters. The topological polar surface area (TPSA) is 41.1 Å². The first-order chi connectivity index (χ1) is 8.93. The van der Waals surface area contributed by atoms with E-state index in [1.807, 2.05) is 7.05 Å². The predicted molar refractivity (Wildman–Crippen MR) is 80.4 cm³/mol. The first-order valence-electron chi connectivity index (χ1n) is 6.94. The van der Waals surface area contributed by atoms with E-state index in [9.17, 15) is 4.79 Å². The Morgan fingerprint density at radius 3 is 2.26 bits per heavy atom. The van der Waals surface area contributed by atoms with Gasteiger partial charge in [0.1, 0.15) is 0 Å². The highest BCUT2D eigenvalue weighted by Crippen LogP contribution is 2.22. The fourth-order valence-corrected chi connectivity index (χ4v) is 1.84. The fourth-order valence-electron chi connectivity index (χ4n) is 1.84. The molecule has 0 aliphatic heterocycles. The molecule has 0 saturated heterocycles. The van der Waals surface area contributed by atoms with Crippen LogP contribution in [0.1, 0.15) is 38.3 Å². The quantitative estimate of drug-likeness (QED) is 0.825. The van der Waals surface area contributed by atoms with E-state index in [2.05, 4.69) is 55.7 Å². The summed E-state index contributed by atoms with van der Waals surface area (Å²) in [6.07, 6.45) is 1.43. The minimum atomic E-state index is 0.112. The molecule has 1 aromatic rings. The third kappa shape index (κ3) is 5.88. The first-order valence-corrected chi connectivity index (χ1v) is 6.94. The van der Waals surface area contributed by atoms with Crippen molar-refractivity contribution in [1.29, 1.82) is 0 Å². The average molecular weight is 262 g/mol. The Balaban J connectivity index is 2.36. The number of carbonyl (C=O) groups excluding carboxylic acids is 1. The molecule has 0 unspecified atom stereocenters. The Bertz CT molecular complexity index is 390. The summed E-state index contributed by atoms with van der Waals surface area (Å²) < 4.78 is 0. The maximum absolute atomic E-state index is 11.4. The summed E-state index contributed by atoms with van der Waals surface area (Å²) in [6, 6.07) is 8.66. The lowest BCUT2D eigenvalue weighted by Gasteiger charge is -2.19. The van der Waals surface area contributed by atoms with Gasteiger partial charge in [0.15, 0.2) is 0 Å². The summed E-state index contributed by atoms with van der Waals surface area (Å²) in [5.74, 6) is 0.112. The van der Waals surface area contributed by atoms with Gasteiger partial charge in [0.2, 0.25) is 5.91 Å². The highest BCUT2D eigenvalue weighted by Gasteiger charge is 2.12. The molecule has 1 rings (SSSR count). The SMILES string of the molecule is CNCCC(=O)NCCc1ccc(C(C)(C)C)cc1. The molecule has 0 aliphatic carbocycles. The molecule has 0 heterocycles. The third-order valence-electron chi connectivity index (χ3n) is 3.16. The van der Waals surface area contributed by atoms with Gasteiger partial charge in [-0.3, -0.25) is 4.79 Å². The van der Waals surface area contributed by atoms with Gasteiger partial charge >= 0.3 is 0 Å². The van der Waals surface area contributed by atoms with E-state index in [0.717, 1.165) is 13.0 Å². The van der Waals surface area contributed by atoms with Crippen LogP contribution in [0.5, 0.6) is 0 Å². The van der Waals surface area contributed by atoms with Gasteiger partial charge in [-0.15, -0.1) is 0 Å². The molecule has 19 heavy (non-hydrogen) atoms. The molecule has 0 aliphatic rings. The Kier molecular flexibility index (Phi) is 6.03. The van der Waals surface area contributed by atoms with Crippen LogP contribution in [-0.2, 0) is 16.6 Å². The maximum atomic E-state index is 11.4. The summed E-state index contributed by atoms with van der Waals surface area (Å²) >= 11 is 0. The van der Waals surface area contributed by atoms with Gasteiger partial charge in [-0.25, -0.2) is 0 Å². The van der Waals surface area contributed by atoms with E-state index in [1.54, 1.807) is 0 Å². The van der Waals surface area contributed by atoms with Gasteiger partial charge in [-0.05, 0) is 30.0 Å². The monoisotopic (exact) mass is 262 g/mol. The summed E-state index contributed by atoms with van der Waals surface area (Å²) in [4.78, 5) is 11.4. The zero-order valence-electron chi connectivity index (χ0n) is 12.5. The van der Waals surface area contributed by atoms with Crippen molar-refractivity contribution >= 4 is 5.91 Å². The lowest BCUT2D eigenvalue weighted by molar-refractivity contribution is -0.120. The molecule has 1 amide bonds. The van der Waals surface area contributed by atoms with Crippen LogP contribution in [0.4, 0.5) is 0 Å². The Hall–Kier alpha value is -1.35. The number of nitrogens with one attached hydrogen (secondary N) is 2. The van der Waals surface area contributed by atoms with Crippen LogP contribution in [0.3, 0.4) is 0 Å². The van der Waals surface area contributed by atoms with Crippen LogP contribution in [0.15, 0.2) is 24.3 Å². The molecule has 2 N–H and O–H groups in total. The molecule has 0 aromatic heterocycles. The molecule has 3 heteroatoms. The average Bonchev–Trinajstić information content (AvgIpc) is 2.36. The fraction of sp³-hybridized carbons (Fsp3) is 0.562. The second-order valence-electron chi connectivity index (χ2n) is 5.90. The van der Waals surface area contributed by atoms with E-state index >= 15 is 0 Å². The molecule has 0 radical (unpaired) electrons. The van der Waals surface area contributed by atoms with E-state index in [-0.39, 0.29) is 11.3 Å². The van der Waals surface area contributed by atoms with Crippen molar-refractivity contribution in [3.8, 4) is 0 Å². The van der Waals surface area contributed by atoms with Gasteiger partial charge < -0.3 is 10.6 Å². The molecule has 0 bridgehead atoms. The van der Waals surface area contributed by atoms with Gasteiger partial charge in [0, 0.05) is 19.5 Å². The minimum Gasteiger partial charge on any atom is -0.356 e. The normalized spacial score (nSPS) is 11.4. The largest absolute Gasteiger partial charge is 0.356 e. The Morgan fingerprint density at radius 1 is 1.11 bits per heavy atom. The van der Waals surface area contributed by atoms with Crippen LogP contribution in [0, 0.1) is 0 Å². The summed E-state index contributed by atoms with van der Waals surface area (Å²) in [7, 11) is 1.85. The van der Waals surface area contributed by atoms with Gasteiger partial charge in [0.05, 0.1) is 0 Å². The standard InChI is InChI=1S/C16H26N2O/c1-16(2,3)14-7-5-13(6-8-14)9-12-18-15(19)10-11-17-4/h5-8,17H,9-12H2,1-4H3,(H,18,19). The van der Waals surface area contributed by atoms with E-state index in [4.69, 9.17) is 0 Å². The number of rotatable bonds is 6. The van der Waals surface area contributed by atoms with Crippen molar-refractivity contribution in [3.63, 3.8) is 0 Å². The lowest BCUT2D eigenvalue weighted by atomic mass is 9.86. The number of benzene rings is 1. The van der Waals surface area contributed by atoms with E-state index in [1.165, 1.54) is 11.1 Å². The first kappa shape index (κ1) is 15.7. The number of hydrogen-bond donors (Lipinski definition) is 2. The minimum absolute atomic E-state index is 0.112. The molecule has 0 fully saturated rings. The van der Waals surface area contributed by atoms with Gasteiger partial charge in [0.25, 0.3) is 0 Å². The van der Waals surface area contributed by atoms with Crippen LogP contribution in [0.25, 0.3) is 0 Å². The number of amides is 1. The van der Waals surface area contributed by atoms with Crippen LogP contribution >= 0.6 is 0 Å². The zero-order chi connectivity index (χ0) is 14.3. The van der Waals surface area contributed by atoms with Crippen molar-refractivity contribution in [2.45, 2.75) is 39.0 Å². The van der Waals surface area contributed by atoms with E-state index < -0.39 is 0 Å². The van der Waals surface area contributed by atoms with Crippen LogP contribution in [0.2, 0.25) is 0 Å². The van der Waals surface area contributed by atoms with Gasteiger partial charge in [-0.2, -0.15) is 0 Å². The van der Waals surface area contributed by atoms with Crippen molar-refractivity contribution in [1.82, 2.24) is 10.6 Å². The highest BCUT2D eigenvalue weighted by atomic mass is 16.1. The molecule has 0 spiro atoms. The maximum Gasteiger partial charge on any atom is 0.221 e. The van der Waals surface area contributed by atoms with Crippen LogP contribution in [-0.4, -0.2) is 26.0 Å². The summed E-state index contributed by atoms with van der Waals surface area (Å²) in [6.45, 7) is 8.07. The van der Waals surface area contributed by atoms with Crippen LogP contribution < -0.4 is 10.6 Å². The number of hydrogen-bond acceptors (Lipinski definition) is 2. The third-order valence-corrected chi connectivity index (χ3v) is 3.16. The predicted octanol–water partition coefficient (Wildman–Crippen LogP) is 2.25. The van der Waals surface area contributed by atoms with Crippen molar-refractivity contribution < 1.29 is 4.79 Å². The Labute approximate surface area is 116 Å². The zero-order valence-corrected chi connectivity index (χ0v) is 12.5.